The van der Waals surface area contributed by atoms with E-state index in [2.05, 4.69) is 15.4 Å². The number of methoxy groups -OCH3 is 2. The van der Waals surface area contributed by atoms with Crippen molar-refractivity contribution in [3.63, 3.8) is 0 Å². The standard InChI is InChI=1S/C21H20ClF5N2O3/c1-31-10-20(30,21(25,26)27)19(13-5-6-16(32-2)18(24)17(13)22)29-15-9-11(23)8-14-12(15)4-3-7-28-14/h3-6,8-9,19,28-30H,7,10H2,1-2H3. The van der Waals surface area contributed by atoms with Gasteiger partial charge in [-0.3, -0.25) is 0 Å². The van der Waals surface area contributed by atoms with Crippen molar-refractivity contribution in [1.29, 1.82) is 0 Å². The Morgan fingerprint density at radius 1 is 1.22 bits per heavy atom. The molecule has 1 aliphatic heterocycles. The van der Waals surface area contributed by atoms with Crippen LogP contribution in [0.1, 0.15) is 17.2 Å². The molecule has 0 fully saturated rings. The first kappa shape index (κ1) is 24.1. The first-order chi connectivity index (χ1) is 15.0. The average Bonchev–Trinajstić information content (AvgIpc) is 2.73. The van der Waals surface area contributed by atoms with Crippen LogP contribution in [0.4, 0.5) is 33.3 Å². The maximum Gasteiger partial charge on any atom is 0.421 e. The van der Waals surface area contributed by atoms with Crippen molar-refractivity contribution in [2.24, 2.45) is 0 Å². The highest BCUT2D eigenvalue weighted by Gasteiger charge is 2.60. The Kier molecular flexibility index (Phi) is 6.87. The van der Waals surface area contributed by atoms with Crippen LogP contribution in [0.5, 0.6) is 5.75 Å². The molecule has 11 heteroatoms. The van der Waals surface area contributed by atoms with Gasteiger partial charge in [-0.2, -0.15) is 13.2 Å². The normalized spacial score (nSPS) is 16.0. The molecule has 3 rings (SSSR count). The fourth-order valence-electron chi connectivity index (χ4n) is 3.49. The van der Waals surface area contributed by atoms with E-state index >= 15 is 0 Å². The highest BCUT2D eigenvalue weighted by molar-refractivity contribution is 6.31. The largest absolute Gasteiger partial charge is 0.494 e. The van der Waals surface area contributed by atoms with Gasteiger partial charge in [0.2, 0.25) is 5.60 Å². The summed E-state index contributed by atoms with van der Waals surface area (Å²) in [7, 11) is 2.14. The molecule has 2 unspecified atom stereocenters. The first-order valence-corrected chi connectivity index (χ1v) is 9.71. The van der Waals surface area contributed by atoms with Crippen molar-refractivity contribution < 1.29 is 36.5 Å². The molecule has 0 amide bonds. The molecule has 0 radical (unpaired) electrons. The number of halogens is 6. The van der Waals surface area contributed by atoms with E-state index in [0.717, 1.165) is 25.3 Å². The molecule has 0 aromatic heterocycles. The summed E-state index contributed by atoms with van der Waals surface area (Å²) in [4.78, 5) is 0. The predicted molar refractivity (Wildman–Crippen MR) is 111 cm³/mol. The Bertz CT molecular complexity index is 1030. The molecule has 0 spiro atoms. The number of anilines is 2. The second-order valence-corrected chi connectivity index (χ2v) is 7.49. The number of rotatable bonds is 7. The molecule has 0 bridgehead atoms. The third-order valence-electron chi connectivity index (χ3n) is 5.08. The van der Waals surface area contributed by atoms with Crippen LogP contribution >= 0.6 is 11.6 Å². The van der Waals surface area contributed by atoms with Crippen LogP contribution in [-0.4, -0.2) is 44.3 Å². The van der Waals surface area contributed by atoms with Gasteiger partial charge in [0.15, 0.2) is 11.6 Å². The zero-order valence-electron chi connectivity index (χ0n) is 17.0. The molecule has 2 atom stereocenters. The minimum absolute atomic E-state index is 0.0699. The third-order valence-corrected chi connectivity index (χ3v) is 5.46. The van der Waals surface area contributed by atoms with E-state index in [9.17, 15) is 27.1 Å². The van der Waals surface area contributed by atoms with Crippen LogP contribution in [0, 0.1) is 11.6 Å². The fraction of sp³-hybridized carbons (Fsp3) is 0.333. The fourth-order valence-corrected chi connectivity index (χ4v) is 3.76. The third kappa shape index (κ3) is 4.35. The second-order valence-electron chi connectivity index (χ2n) is 7.12. The van der Waals surface area contributed by atoms with Crippen LogP contribution in [0.3, 0.4) is 0 Å². The van der Waals surface area contributed by atoms with Gasteiger partial charge in [-0.15, -0.1) is 0 Å². The topological polar surface area (TPSA) is 62.8 Å². The van der Waals surface area contributed by atoms with Crippen LogP contribution in [0.15, 0.2) is 30.3 Å². The van der Waals surface area contributed by atoms with Gasteiger partial charge in [0.25, 0.3) is 0 Å². The van der Waals surface area contributed by atoms with E-state index in [4.69, 9.17) is 16.3 Å². The Morgan fingerprint density at radius 3 is 2.56 bits per heavy atom. The highest BCUT2D eigenvalue weighted by Crippen LogP contribution is 2.46. The molecule has 32 heavy (non-hydrogen) atoms. The van der Waals surface area contributed by atoms with E-state index in [-0.39, 0.29) is 11.4 Å². The number of alkyl halides is 3. The molecular formula is C21H20ClF5N2O3. The van der Waals surface area contributed by atoms with Crippen LogP contribution in [0.2, 0.25) is 5.02 Å². The summed E-state index contributed by atoms with van der Waals surface area (Å²) >= 11 is 6.05. The predicted octanol–water partition coefficient (Wildman–Crippen LogP) is 5.16. The number of ether oxygens (including phenoxy) is 2. The van der Waals surface area contributed by atoms with Gasteiger partial charge >= 0.3 is 6.18 Å². The second kappa shape index (κ2) is 9.13. The summed E-state index contributed by atoms with van der Waals surface area (Å²) in [6, 6.07) is 2.26. The molecule has 1 aliphatic rings. The van der Waals surface area contributed by atoms with Crippen molar-refractivity contribution in [2.45, 2.75) is 17.8 Å². The maximum atomic E-state index is 14.6. The maximum absolute atomic E-state index is 14.6. The van der Waals surface area contributed by atoms with Gasteiger partial charge in [0.1, 0.15) is 5.82 Å². The van der Waals surface area contributed by atoms with Gasteiger partial charge in [-0.1, -0.05) is 29.8 Å². The monoisotopic (exact) mass is 478 g/mol. The molecule has 2 aromatic carbocycles. The first-order valence-electron chi connectivity index (χ1n) is 9.34. The summed E-state index contributed by atoms with van der Waals surface area (Å²) in [6.45, 7) is -0.811. The van der Waals surface area contributed by atoms with Crippen molar-refractivity contribution in [3.8, 4) is 5.75 Å². The molecule has 0 saturated carbocycles. The Hall–Kier alpha value is -2.56. The smallest absolute Gasteiger partial charge is 0.421 e. The molecule has 2 aromatic rings. The number of benzene rings is 2. The lowest BCUT2D eigenvalue weighted by atomic mass is 9.87. The number of hydrogen-bond donors (Lipinski definition) is 3. The van der Waals surface area contributed by atoms with Crippen molar-refractivity contribution in [1.82, 2.24) is 0 Å². The van der Waals surface area contributed by atoms with Crippen LogP contribution in [-0.2, 0) is 4.74 Å². The minimum Gasteiger partial charge on any atom is -0.494 e. The number of aliphatic hydroxyl groups is 1. The van der Waals surface area contributed by atoms with Gasteiger partial charge in [-0.05, 0) is 23.8 Å². The van der Waals surface area contributed by atoms with Crippen molar-refractivity contribution in [3.05, 3.63) is 58.1 Å². The lowest BCUT2D eigenvalue weighted by Crippen LogP contribution is -2.56. The Balaban J connectivity index is 2.23. The average molecular weight is 479 g/mol. The molecule has 0 aliphatic carbocycles. The zero-order valence-corrected chi connectivity index (χ0v) is 17.7. The summed E-state index contributed by atoms with van der Waals surface area (Å²) in [5.74, 6) is -2.14. The van der Waals surface area contributed by atoms with Crippen LogP contribution in [0.25, 0.3) is 6.08 Å². The summed E-state index contributed by atoms with van der Waals surface area (Å²) in [5.41, 5.74) is -3.36. The molecule has 5 nitrogen and oxygen atoms in total. The van der Waals surface area contributed by atoms with Crippen molar-refractivity contribution in [2.75, 3.05) is 38.0 Å². The zero-order chi connectivity index (χ0) is 23.7. The van der Waals surface area contributed by atoms with E-state index in [1.807, 2.05) is 0 Å². The summed E-state index contributed by atoms with van der Waals surface area (Å²) < 4.78 is 80.6. The van der Waals surface area contributed by atoms with Crippen LogP contribution < -0.4 is 15.4 Å². The highest BCUT2D eigenvalue weighted by atomic mass is 35.5. The summed E-state index contributed by atoms with van der Waals surface area (Å²) in [5, 5.41) is 15.5. The Morgan fingerprint density at radius 2 is 1.94 bits per heavy atom. The molecular weight excluding hydrogens is 459 g/mol. The SMILES string of the molecule is COCC(O)(C(Nc1cc(F)cc2c1C=CCN2)c1ccc(OC)c(F)c1Cl)C(F)(F)F. The van der Waals surface area contributed by atoms with E-state index in [0.29, 0.717) is 17.8 Å². The van der Waals surface area contributed by atoms with Crippen molar-refractivity contribution >= 4 is 29.1 Å². The van der Waals surface area contributed by atoms with E-state index < -0.39 is 46.6 Å². The Labute approximate surface area is 185 Å². The van der Waals surface area contributed by atoms with E-state index in [1.54, 1.807) is 12.2 Å². The molecule has 0 saturated heterocycles. The lowest BCUT2D eigenvalue weighted by Gasteiger charge is -2.39. The number of fused-ring (bicyclic) bond motifs is 1. The summed E-state index contributed by atoms with van der Waals surface area (Å²) in [6.07, 6.45) is -1.96. The van der Waals surface area contributed by atoms with Gasteiger partial charge in [0, 0.05) is 30.6 Å². The number of hydrogen-bond acceptors (Lipinski definition) is 5. The minimum atomic E-state index is -5.23. The molecule has 174 valence electrons. The lowest BCUT2D eigenvalue weighted by molar-refractivity contribution is -0.279. The molecule has 1 heterocycles. The van der Waals surface area contributed by atoms with Gasteiger partial charge in [-0.25, -0.2) is 8.78 Å². The number of nitrogens with one attached hydrogen (secondary N) is 2. The quantitative estimate of drug-likeness (QED) is 0.480. The van der Waals surface area contributed by atoms with Gasteiger partial charge < -0.3 is 25.2 Å². The van der Waals surface area contributed by atoms with E-state index in [1.165, 1.54) is 13.2 Å². The van der Waals surface area contributed by atoms with Gasteiger partial charge in [0.05, 0.1) is 24.8 Å². The molecule has 3 N–H and O–H groups in total.